The lowest BCUT2D eigenvalue weighted by molar-refractivity contribution is -0.134. The first-order valence-corrected chi connectivity index (χ1v) is 11.5. The molecule has 34 heavy (non-hydrogen) atoms. The van der Waals surface area contributed by atoms with E-state index in [1.54, 1.807) is 25.2 Å². The number of carbonyl (C=O) groups excluding carboxylic acids is 4. The molecule has 182 valence electrons. The number of nitrogens with zero attached hydrogens (tertiary/aromatic N) is 3. The number of aromatic amines is 1. The highest BCUT2D eigenvalue weighted by Gasteiger charge is 2.29. The number of amides is 4. The zero-order valence-electron chi connectivity index (χ0n) is 19.9. The van der Waals surface area contributed by atoms with Gasteiger partial charge in [0.25, 0.3) is 0 Å². The number of H-pyrrole nitrogens is 1. The summed E-state index contributed by atoms with van der Waals surface area (Å²) < 4.78 is 0. The Bertz CT molecular complexity index is 1030. The molecule has 1 aromatic heterocycles. The topological polar surface area (TPSA) is 128 Å². The summed E-state index contributed by atoms with van der Waals surface area (Å²) in [6, 6.07) is 8.89. The lowest BCUT2D eigenvalue weighted by atomic mass is 9.98. The highest BCUT2D eigenvalue weighted by atomic mass is 16.2. The average Bonchev–Trinajstić information content (AvgIpc) is 3.26. The largest absolute Gasteiger partial charge is 0.345 e. The summed E-state index contributed by atoms with van der Waals surface area (Å²) in [5.74, 6) is -0.0500. The Morgan fingerprint density at radius 1 is 1.12 bits per heavy atom. The first kappa shape index (κ1) is 24.9. The van der Waals surface area contributed by atoms with E-state index in [9.17, 15) is 19.2 Å². The number of likely N-dealkylation sites (tertiary alicyclic amines) is 1. The average molecular weight is 469 g/mol. The van der Waals surface area contributed by atoms with E-state index in [1.165, 1.54) is 18.7 Å². The van der Waals surface area contributed by atoms with Crippen molar-refractivity contribution in [2.75, 3.05) is 30.8 Å². The number of hydrogen-bond acceptors (Lipinski definition) is 5. The van der Waals surface area contributed by atoms with Gasteiger partial charge in [-0.15, -0.1) is 0 Å². The summed E-state index contributed by atoms with van der Waals surface area (Å²) >= 11 is 0. The Kier molecular flexibility index (Phi) is 8.39. The molecule has 10 nitrogen and oxygen atoms in total. The van der Waals surface area contributed by atoms with E-state index in [1.807, 2.05) is 17.0 Å². The van der Waals surface area contributed by atoms with E-state index in [0.29, 0.717) is 24.6 Å². The molecule has 0 radical (unpaired) electrons. The van der Waals surface area contributed by atoms with Gasteiger partial charge < -0.3 is 20.4 Å². The molecule has 1 saturated heterocycles. The second-order valence-corrected chi connectivity index (χ2v) is 8.60. The van der Waals surface area contributed by atoms with Crippen LogP contribution >= 0.6 is 0 Å². The van der Waals surface area contributed by atoms with Crippen molar-refractivity contribution in [3.63, 3.8) is 0 Å². The van der Waals surface area contributed by atoms with Crippen LogP contribution in [0.3, 0.4) is 0 Å². The predicted octanol–water partition coefficient (Wildman–Crippen LogP) is 2.47. The summed E-state index contributed by atoms with van der Waals surface area (Å²) in [5.41, 5.74) is 2.35. The van der Waals surface area contributed by atoms with Gasteiger partial charge in [-0.25, -0.2) is 0 Å². The van der Waals surface area contributed by atoms with Crippen LogP contribution in [0.1, 0.15) is 56.8 Å². The summed E-state index contributed by atoms with van der Waals surface area (Å²) in [5, 5.41) is 12.6. The SMILES string of the molecule is CC(=O)Nc1ccc(CC(=O)N2CCCC[C@@H]2c2cc(NC(=O)CCN(C)C(C)=O)n[nH]2)cc1. The molecule has 2 aromatic rings. The molecule has 0 aliphatic carbocycles. The third-order valence-corrected chi connectivity index (χ3v) is 5.89. The predicted molar refractivity (Wildman–Crippen MR) is 128 cm³/mol. The Labute approximate surface area is 199 Å². The van der Waals surface area contributed by atoms with Crippen molar-refractivity contribution >= 4 is 35.1 Å². The molecule has 0 unspecified atom stereocenters. The van der Waals surface area contributed by atoms with Crippen LogP contribution in [-0.4, -0.2) is 63.8 Å². The van der Waals surface area contributed by atoms with Crippen molar-refractivity contribution in [3.8, 4) is 0 Å². The van der Waals surface area contributed by atoms with Crippen molar-refractivity contribution in [3.05, 3.63) is 41.6 Å². The molecule has 10 heteroatoms. The molecule has 2 heterocycles. The van der Waals surface area contributed by atoms with Gasteiger partial charge in [0, 0.05) is 52.2 Å². The number of carbonyl (C=O) groups is 4. The van der Waals surface area contributed by atoms with Crippen molar-refractivity contribution < 1.29 is 19.2 Å². The summed E-state index contributed by atoms with van der Waals surface area (Å²) in [6.07, 6.45) is 3.18. The molecular weight excluding hydrogens is 436 g/mol. The van der Waals surface area contributed by atoms with Gasteiger partial charge in [0.05, 0.1) is 18.2 Å². The van der Waals surface area contributed by atoms with Gasteiger partial charge in [-0.05, 0) is 37.0 Å². The van der Waals surface area contributed by atoms with Gasteiger partial charge in [-0.1, -0.05) is 12.1 Å². The molecule has 3 rings (SSSR count). The smallest absolute Gasteiger partial charge is 0.227 e. The fourth-order valence-corrected chi connectivity index (χ4v) is 3.94. The number of benzene rings is 1. The maximum absolute atomic E-state index is 13.1. The van der Waals surface area contributed by atoms with Crippen LogP contribution in [0.2, 0.25) is 0 Å². The standard InChI is InChI=1S/C24H32N6O4/c1-16(31)25-19-9-7-18(8-10-19)14-24(34)30-12-5-4-6-21(30)20-15-22(28-27-20)26-23(33)11-13-29(3)17(2)32/h7-10,15,21H,4-6,11-14H2,1-3H3,(H,25,31)(H2,26,27,28,33)/t21-/m1/s1. The van der Waals surface area contributed by atoms with Gasteiger partial charge in [-0.2, -0.15) is 5.10 Å². The Morgan fingerprint density at radius 3 is 2.53 bits per heavy atom. The van der Waals surface area contributed by atoms with Gasteiger partial charge >= 0.3 is 0 Å². The van der Waals surface area contributed by atoms with Gasteiger partial charge in [0.2, 0.25) is 23.6 Å². The zero-order valence-corrected chi connectivity index (χ0v) is 19.9. The summed E-state index contributed by atoms with van der Waals surface area (Å²) in [4.78, 5) is 51.1. The van der Waals surface area contributed by atoms with Crippen LogP contribution in [0.5, 0.6) is 0 Å². The van der Waals surface area contributed by atoms with E-state index in [2.05, 4.69) is 20.8 Å². The highest BCUT2D eigenvalue weighted by molar-refractivity contribution is 5.90. The third kappa shape index (κ3) is 6.90. The van der Waals surface area contributed by atoms with Crippen LogP contribution in [0.25, 0.3) is 0 Å². The molecule has 1 fully saturated rings. The lowest BCUT2D eigenvalue weighted by Gasteiger charge is -2.35. The molecule has 1 aliphatic heterocycles. The van der Waals surface area contributed by atoms with Crippen molar-refractivity contribution in [2.45, 2.75) is 52.0 Å². The number of nitrogens with one attached hydrogen (secondary N) is 3. The highest BCUT2D eigenvalue weighted by Crippen LogP contribution is 2.31. The number of aromatic nitrogens is 2. The van der Waals surface area contributed by atoms with Crippen LogP contribution in [0, 0.1) is 0 Å². The minimum Gasteiger partial charge on any atom is -0.345 e. The number of rotatable bonds is 8. The molecular formula is C24H32N6O4. The van der Waals surface area contributed by atoms with E-state index in [0.717, 1.165) is 30.5 Å². The molecule has 0 saturated carbocycles. The maximum Gasteiger partial charge on any atom is 0.227 e. The molecule has 4 amide bonds. The molecule has 3 N–H and O–H groups in total. The Balaban J connectivity index is 1.60. The fourth-order valence-electron chi connectivity index (χ4n) is 3.94. The Hall–Kier alpha value is -3.69. The molecule has 1 aliphatic rings. The monoisotopic (exact) mass is 468 g/mol. The zero-order chi connectivity index (χ0) is 24.7. The maximum atomic E-state index is 13.1. The van der Waals surface area contributed by atoms with Crippen LogP contribution in [0.4, 0.5) is 11.5 Å². The van der Waals surface area contributed by atoms with E-state index >= 15 is 0 Å². The summed E-state index contributed by atoms with van der Waals surface area (Å²) in [7, 11) is 1.65. The quantitative estimate of drug-likeness (QED) is 0.548. The van der Waals surface area contributed by atoms with Crippen LogP contribution < -0.4 is 10.6 Å². The minimum absolute atomic E-state index is 0.0180. The van der Waals surface area contributed by atoms with Gasteiger partial charge in [0.1, 0.15) is 0 Å². The second kappa shape index (κ2) is 11.4. The molecule has 0 bridgehead atoms. The second-order valence-electron chi connectivity index (χ2n) is 8.60. The Morgan fingerprint density at radius 2 is 1.85 bits per heavy atom. The first-order valence-electron chi connectivity index (χ1n) is 11.5. The van der Waals surface area contributed by atoms with E-state index in [-0.39, 0.29) is 42.5 Å². The van der Waals surface area contributed by atoms with Crippen LogP contribution in [-0.2, 0) is 25.6 Å². The lowest BCUT2D eigenvalue weighted by Crippen LogP contribution is -2.39. The minimum atomic E-state index is -0.231. The molecule has 1 atom stereocenters. The number of hydrogen-bond donors (Lipinski definition) is 3. The van der Waals surface area contributed by atoms with E-state index < -0.39 is 0 Å². The molecule has 1 aromatic carbocycles. The third-order valence-electron chi connectivity index (χ3n) is 5.89. The fraction of sp³-hybridized carbons (Fsp3) is 0.458. The van der Waals surface area contributed by atoms with Gasteiger partial charge in [0.15, 0.2) is 5.82 Å². The van der Waals surface area contributed by atoms with Crippen LogP contribution in [0.15, 0.2) is 30.3 Å². The normalized spacial score (nSPS) is 15.5. The summed E-state index contributed by atoms with van der Waals surface area (Å²) in [6.45, 7) is 3.89. The van der Waals surface area contributed by atoms with Crippen molar-refractivity contribution in [1.29, 1.82) is 0 Å². The van der Waals surface area contributed by atoms with Crippen molar-refractivity contribution in [1.82, 2.24) is 20.0 Å². The number of piperidine rings is 1. The molecule has 0 spiro atoms. The van der Waals surface area contributed by atoms with Crippen molar-refractivity contribution in [2.24, 2.45) is 0 Å². The van der Waals surface area contributed by atoms with Gasteiger partial charge in [-0.3, -0.25) is 24.3 Å². The number of anilines is 2. The van der Waals surface area contributed by atoms with E-state index in [4.69, 9.17) is 0 Å². The first-order chi connectivity index (χ1) is 16.2.